The summed E-state index contributed by atoms with van der Waals surface area (Å²) in [4.78, 5) is 4.38. The van der Waals surface area contributed by atoms with Crippen LogP contribution in [-0.2, 0) is 0 Å². The van der Waals surface area contributed by atoms with E-state index in [-0.39, 0.29) is 6.04 Å². The van der Waals surface area contributed by atoms with Gasteiger partial charge >= 0.3 is 0 Å². The number of rotatable bonds is 5. The molecule has 0 amide bonds. The van der Waals surface area contributed by atoms with Crippen molar-refractivity contribution < 1.29 is 0 Å². The number of thioether (sulfide) groups is 1. The van der Waals surface area contributed by atoms with Gasteiger partial charge in [0.05, 0.1) is 0 Å². The summed E-state index contributed by atoms with van der Waals surface area (Å²) in [6, 6.07) is 4.08. The predicted molar refractivity (Wildman–Crippen MR) is 67.0 cm³/mol. The van der Waals surface area contributed by atoms with E-state index in [0.29, 0.717) is 0 Å². The first-order chi connectivity index (χ1) is 7.11. The fraction of sp³-hybridized carbons (Fsp3) is 0.583. The van der Waals surface area contributed by atoms with Crippen molar-refractivity contribution in [2.75, 3.05) is 5.75 Å². The maximum absolute atomic E-state index is 5.89. The van der Waals surface area contributed by atoms with Crippen molar-refractivity contribution in [2.45, 2.75) is 38.3 Å². The Balaban J connectivity index is 2.59. The Morgan fingerprint density at radius 2 is 2.13 bits per heavy atom. The molecule has 1 atom stereocenters. The van der Waals surface area contributed by atoms with Gasteiger partial charge < -0.3 is 5.73 Å². The van der Waals surface area contributed by atoms with Gasteiger partial charge in [0.15, 0.2) is 0 Å². The molecule has 0 radical (unpaired) electrons. The third-order valence-corrected chi connectivity index (χ3v) is 3.28. The minimum absolute atomic E-state index is 0.0697. The monoisotopic (exact) mass is 224 g/mol. The summed E-state index contributed by atoms with van der Waals surface area (Å²) in [7, 11) is 0. The molecule has 1 aromatic rings. The summed E-state index contributed by atoms with van der Waals surface area (Å²) in [6.45, 7) is 6.49. The van der Waals surface area contributed by atoms with Crippen molar-refractivity contribution in [2.24, 2.45) is 11.7 Å². The number of pyridine rings is 1. The summed E-state index contributed by atoms with van der Waals surface area (Å²) >= 11 is 1.81. The van der Waals surface area contributed by atoms with E-state index in [9.17, 15) is 0 Å². The van der Waals surface area contributed by atoms with E-state index in [1.165, 1.54) is 6.42 Å². The molecule has 0 aliphatic heterocycles. The highest BCUT2D eigenvalue weighted by atomic mass is 32.2. The molecule has 84 valence electrons. The van der Waals surface area contributed by atoms with Crippen molar-refractivity contribution in [1.29, 1.82) is 0 Å². The Morgan fingerprint density at radius 3 is 2.73 bits per heavy atom. The van der Waals surface area contributed by atoms with Crippen LogP contribution in [0, 0.1) is 5.92 Å². The lowest BCUT2D eigenvalue weighted by molar-refractivity contribution is 0.631. The summed E-state index contributed by atoms with van der Waals surface area (Å²) in [6.07, 6.45) is 3.06. The van der Waals surface area contributed by atoms with Crippen LogP contribution in [0.1, 0.15) is 38.8 Å². The van der Waals surface area contributed by atoms with Gasteiger partial charge in [-0.15, -0.1) is 11.8 Å². The Hall–Kier alpha value is -0.540. The fourth-order valence-electron chi connectivity index (χ4n) is 1.26. The maximum atomic E-state index is 5.89. The van der Waals surface area contributed by atoms with Gasteiger partial charge in [-0.2, -0.15) is 0 Å². The van der Waals surface area contributed by atoms with E-state index in [4.69, 9.17) is 5.73 Å². The highest BCUT2D eigenvalue weighted by molar-refractivity contribution is 7.99. The lowest BCUT2D eigenvalue weighted by Gasteiger charge is -2.11. The SMILES string of the molecule is CC(C)CCSc1ncccc1[C@H](C)N. The van der Waals surface area contributed by atoms with E-state index in [0.717, 1.165) is 22.3 Å². The summed E-state index contributed by atoms with van der Waals surface area (Å²) in [5.41, 5.74) is 7.05. The van der Waals surface area contributed by atoms with Crippen LogP contribution < -0.4 is 5.73 Å². The summed E-state index contributed by atoms with van der Waals surface area (Å²) in [5, 5.41) is 1.09. The average molecular weight is 224 g/mol. The Kier molecular flexibility index (Phi) is 5.12. The van der Waals surface area contributed by atoms with Gasteiger partial charge in [-0.3, -0.25) is 0 Å². The lowest BCUT2D eigenvalue weighted by Crippen LogP contribution is -2.07. The maximum Gasteiger partial charge on any atom is 0.101 e. The number of hydrogen-bond donors (Lipinski definition) is 1. The molecule has 0 aliphatic rings. The Bertz CT molecular complexity index is 297. The van der Waals surface area contributed by atoms with Crippen molar-refractivity contribution >= 4 is 11.8 Å². The van der Waals surface area contributed by atoms with Gasteiger partial charge in [0.2, 0.25) is 0 Å². The van der Waals surface area contributed by atoms with E-state index in [1.54, 1.807) is 0 Å². The lowest BCUT2D eigenvalue weighted by atomic mass is 10.2. The average Bonchev–Trinajstić information content (AvgIpc) is 2.17. The molecular weight excluding hydrogens is 204 g/mol. The normalized spacial score (nSPS) is 13.1. The molecule has 2 nitrogen and oxygen atoms in total. The van der Waals surface area contributed by atoms with Gasteiger partial charge in [-0.25, -0.2) is 4.98 Å². The van der Waals surface area contributed by atoms with Gasteiger partial charge in [-0.05, 0) is 31.1 Å². The number of hydrogen-bond acceptors (Lipinski definition) is 3. The molecule has 0 aromatic carbocycles. The second-order valence-electron chi connectivity index (χ2n) is 4.22. The summed E-state index contributed by atoms with van der Waals surface area (Å²) < 4.78 is 0. The summed E-state index contributed by atoms with van der Waals surface area (Å²) in [5.74, 6) is 1.87. The van der Waals surface area contributed by atoms with Crippen LogP contribution in [0.15, 0.2) is 23.4 Å². The molecule has 15 heavy (non-hydrogen) atoms. The zero-order valence-corrected chi connectivity index (χ0v) is 10.6. The topological polar surface area (TPSA) is 38.9 Å². The highest BCUT2D eigenvalue weighted by Gasteiger charge is 2.07. The van der Waals surface area contributed by atoms with Crippen LogP contribution >= 0.6 is 11.8 Å². The molecule has 0 spiro atoms. The first-order valence-electron chi connectivity index (χ1n) is 5.44. The minimum atomic E-state index is 0.0697. The number of nitrogens with two attached hydrogens (primary N) is 1. The molecule has 0 bridgehead atoms. The second kappa shape index (κ2) is 6.13. The smallest absolute Gasteiger partial charge is 0.101 e. The molecule has 1 heterocycles. The molecule has 0 saturated carbocycles. The zero-order chi connectivity index (χ0) is 11.3. The molecule has 0 saturated heterocycles. The van der Waals surface area contributed by atoms with E-state index in [2.05, 4.69) is 24.9 Å². The van der Waals surface area contributed by atoms with E-state index < -0.39 is 0 Å². The molecular formula is C12H20N2S. The fourth-order valence-corrected chi connectivity index (χ4v) is 2.60. The highest BCUT2D eigenvalue weighted by Crippen LogP contribution is 2.25. The second-order valence-corrected chi connectivity index (χ2v) is 5.30. The van der Waals surface area contributed by atoms with Crippen LogP contribution in [0.2, 0.25) is 0 Å². The van der Waals surface area contributed by atoms with Crippen molar-refractivity contribution in [3.63, 3.8) is 0 Å². The van der Waals surface area contributed by atoms with Gasteiger partial charge in [0, 0.05) is 17.8 Å². The van der Waals surface area contributed by atoms with Gasteiger partial charge in [0.25, 0.3) is 0 Å². The number of aromatic nitrogens is 1. The van der Waals surface area contributed by atoms with Crippen molar-refractivity contribution in [3.8, 4) is 0 Å². The molecule has 0 fully saturated rings. The largest absolute Gasteiger partial charge is 0.324 e. The van der Waals surface area contributed by atoms with Crippen LogP contribution in [0.5, 0.6) is 0 Å². The molecule has 0 aliphatic carbocycles. The third-order valence-electron chi connectivity index (χ3n) is 2.23. The Morgan fingerprint density at radius 1 is 1.40 bits per heavy atom. The van der Waals surface area contributed by atoms with Crippen LogP contribution in [0.25, 0.3) is 0 Å². The van der Waals surface area contributed by atoms with Crippen LogP contribution in [0.3, 0.4) is 0 Å². The molecule has 0 unspecified atom stereocenters. The first kappa shape index (κ1) is 12.5. The molecule has 3 heteroatoms. The minimum Gasteiger partial charge on any atom is -0.324 e. The van der Waals surface area contributed by atoms with Crippen LogP contribution in [-0.4, -0.2) is 10.7 Å². The van der Waals surface area contributed by atoms with Crippen LogP contribution in [0.4, 0.5) is 0 Å². The van der Waals surface area contributed by atoms with Gasteiger partial charge in [-0.1, -0.05) is 19.9 Å². The Labute approximate surface area is 96.7 Å². The van der Waals surface area contributed by atoms with Gasteiger partial charge in [0.1, 0.15) is 5.03 Å². The third kappa shape index (κ3) is 4.22. The molecule has 1 rings (SSSR count). The zero-order valence-electron chi connectivity index (χ0n) is 9.73. The van der Waals surface area contributed by atoms with Crippen molar-refractivity contribution in [1.82, 2.24) is 4.98 Å². The predicted octanol–water partition coefficient (Wildman–Crippen LogP) is 3.24. The standard InChI is InChI=1S/C12H20N2S/c1-9(2)6-8-15-12-11(10(3)13)5-4-7-14-12/h4-5,7,9-10H,6,8,13H2,1-3H3/t10-/m0/s1. The number of nitrogens with zero attached hydrogens (tertiary/aromatic N) is 1. The van der Waals surface area contributed by atoms with E-state index >= 15 is 0 Å². The van der Waals surface area contributed by atoms with Crippen molar-refractivity contribution in [3.05, 3.63) is 23.9 Å². The first-order valence-corrected chi connectivity index (χ1v) is 6.43. The molecule has 1 aromatic heterocycles. The molecule has 2 N–H and O–H groups in total. The quantitative estimate of drug-likeness (QED) is 0.780. The van der Waals surface area contributed by atoms with E-state index in [1.807, 2.05) is 30.9 Å².